The van der Waals surface area contributed by atoms with E-state index in [1.54, 1.807) is 6.07 Å². The average Bonchev–Trinajstić information content (AvgIpc) is 3.49. The molecule has 2 fully saturated rings. The summed E-state index contributed by atoms with van der Waals surface area (Å²) in [5, 5.41) is 13.1. The van der Waals surface area contributed by atoms with E-state index >= 15 is 0 Å². The Morgan fingerprint density at radius 2 is 2.00 bits per heavy atom. The topological polar surface area (TPSA) is 103 Å². The molecule has 2 aromatic rings. The molecule has 0 radical (unpaired) electrons. The predicted molar refractivity (Wildman–Crippen MR) is 122 cm³/mol. The van der Waals surface area contributed by atoms with Crippen molar-refractivity contribution in [2.75, 3.05) is 0 Å². The van der Waals surface area contributed by atoms with Crippen LogP contribution in [0.3, 0.4) is 0 Å². The van der Waals surface area contributed by atoms with Crippen LogP contribution < -0.4 is 5.32 Å². The quantitative estimate of drug-likeness (QED) is 0.496. The number of carbonyl (C=O) groups is 3. The van der Waals surface area contributed by atoms with Crippen molar-refractivity contribution >= 4 is 40.0 Å². The van der Waals surface area contributed by atoms with E-state index < -0.39 is 17.8 Å². The van der Waals surface area contributed by atoms with Crippen molar-refractivity contribution in [2.24, 2.45) is 17.8 Å². The van der Waals surface area contributed by atoms with E-state index in [-0.39, 0.29) is 40.5 Å². The summed E-state index contributed by atoms with van der Waals surface area (Å²) in [4.78, 5) is 41.1. The van der Waals surface area contributed by atoms with Gasteiger partial charge in [0.25, 0.3) is 0 Å². The highest BCUT2D eigenvalue weighted by Crippen LogP contribution is 2.37. The number of H-pyrrole nitrogens is 1. The maximum atomic E-state index is 13.6. The summed E-state index contributed by atoms with van der Waals surface area (Å²) in [6.45, 7) is 0. The van der Waals surface area contributed by atoms with Crippen LogP contribution in [0.4, 0.5) is 4.39 Å². The Morgan fingerprint density at radius 1 is 1.21 bits per heavy atom. The summed E-state index contributed by atoms with van der Waals surface area (Å²) in [5.41, 5.74) is 0.698. The van der Waals surface area contributed by atoms with Crippen LogP contribution in [-0.4, -0.2) is 28.5 Å². The molecule has 1 amide bonds. The summed E-state index contributed by atoms with van der Waals surface area (Å²) < 4.78 is 13.6. The zero-order valence-electron chi connectivity index (χ0n) is 18.3. The van der Waals surface area contributed by atoms with E-state index in [2.05, 4.69) is 16.4 Å². The third-order valence-corrected chi connectivity index (χ3v) is 7.06. The molecule has 3 unspecified atom stereocenters. The van der Waals surface area contributed by atoms with Crippen molar-refractivity contribution in [3.63, 3.8) is 0 Å². The summed E-state index contributed by atoms with van der Waals surface area (Å²) in [6, 6.07) is 5.40. The molecule has 2 saturated carbocycles. The molecule has 1 heterocycles. The number of ketones is 2. The Kier molecular flexibility index (Phi) is 7.14. The highest BCUT2D eigenvalue weighted by molar-refractivity contribution is 6.35. The van der Waals surface area contributed by atoms with E-state index in [9.17, 15) is 24.0 Å². The monoisotopic (exact) mass is 471 g/mol. The molecule has 0 aliphatic heterocycles. The molecule has 4 rings (SSSR count). The molecular weight excluding hydrogens is 445 g/mol. The van der Waals surface area contributed by atoms with Gasteiger partial charge in [-0.05, 0) is 49.8 Å². The van der Waals surface area contributed by atoms with Crippen molar-refractivity contribution in [1.29, 1.82) is 5.26 Å². The average molecular weight is 472 g/mol. The number of amides is 1. The molecule has 33 heavy (non-hydrogen) atoms. The van der Waals surface area contributed by atoms with Gasteiger partial charge in [0, 0.05) is 30.1 Å². The van der Waals surface area contributed by atoms with Crippen molar-refractivity contribution < 1.29 is 18.8 Å². The minimum atomic E-state index is -0.754. The number of rotatable bonds is 9. The fourth-order valence-corrected chi connectivity index (χ4v) is 4.97. The second-order valence-corrected chi connectivity index (χ2v) is 9.78. The van der Waals surface area contributed by atoms with E-state index in [4.69, 9.17) is 11.6 Å². The van der Waals surface area contributed by atoms with Gasteiger partial charge >= 0.3 is 0 Å². The number of halogens is 2. The standard InChI is InChI=1S/C25H27ClFN3O3/c26-20-10-17(27)11-21-19(20)12-22(30-21)24(32)9-16(7-14-5-6-14)25(33)29-18(13-28)8-15-3-1-2-4-23(15)31/h10-12,14-16,18,30H,1-9H2,(H,29,33). The number of carbonyl (C=O) groups excluding carboxylic acids is 3. The van der Waals surface area contributed by atoms with Gasteiger partial charge < -0.3 is 10.3 Å². The summed E-state index contributed by atoms with van der Waals surface area (Å²) in [5.74, 6) is -1.29. The van der Waals surface area contributed by atoms with E-state index in [1.807, 2.05) is 0 Å². The van der Waals surface area contributed by atoms with Gasteiger partial charge in [0.15, 0.2) is 5.78 Å². The lowest BCUT2D eigenvalue weighted by atomic mass is 9.83. The SMILES string of the molecule is N#CC(CC1CCCCC1=O)NC(=O)C(CC(=O)c1cc2c(Cl)cc(F)cc2[nH]1)CC1CC1. The number of nitriles is 1. The second kappa shape index (κ2) is 10.0. The van der Waals surface area contributed by atoms with Crippen LogP contribution in [0.25, 0.3) is 10.9 Å². The van der Waals surface area contributed by atoms with E-state index in [1.165, 1.54) is 12.1 Å². The van der Waals surface area contributed by atoms with Gasteiger partial charge in [-0.2, -0.15) is 5.26 Å². The number of hydrogen-bond acceptors (Lipinski definition) is 4. The summed E-state index contributed by atoms with van der Waals surface area (Å²) >= 11 is 6.09. The fourth-order valence-electron chi connectivity index (χ4n) is 4.71. The first-order valence-electron chi connectivity index (χ1n) is 11.6. The molecule has 6 nitrogen and oxygen atoms in total. The van der Waals surface area contributed by atoms with E-state index in [0.717, 1.165) is 32.1 Å². The van der Waals surface area contributed by atoms with Crippen LogP contribution in [0.15, 0.2) is 18.2 Å². The van der Waals surface area contributed by atoms with Gasteiger partial charge in [-0.1, -0.05) is 30.9 Å². The van der Waals surface area contributed by atoms with Crippen LogP contribution >= 0.6 is 11.6 Å². The Bertz CT molecular complexity index is 1120. The maximum Gasteiger partial charge on any atom is 0.224 e. The van der Waals surface area contributed by atoms with Crippen molar-refractivity contribution in [3.8, 4) is 6.07 Å². The van der Waals surface area contributed by atoms with Crippen LogP contribution in [-0.2, 0) is 9.59 Å². The normalized spacial score (nSPS) is 20.3. The number of benzene rings is 1. The molecule has 3 atom stereocenters. The van der Waals surface area contributed by atoms with Crippen LogP contribution in [0, 0.1) is 34.9 Å². The number of nitrogens with one attached hydrogen (secondary N) is 2. The molecule has 8 heteroatoms. The molecule has 0 saturated heterocycles. The first kappa shape index (κ1) is 23.4. The highest BCUT2D eigenvalue weighted by atomic mass is 35.5. The Morgan fingerprint density at radius 3 is 2.70 bits per heavy atom. The predicted octanol–water partition coefficient (Wildman–Crippen LogP) is 5.11. The van der Waals surface area contributed by atoms with Gasteiger partial charge in [0.05, 0.1) is 22.3 Å². The van der Waals surface area contributed by atoms with Crippen molar-refractivity contribution in [1.82, 2.24) is 10.3 Å². The largest absolute Gasteiger partial charge is 0.352 e. The molecule has 2 aliphatic carbocycles. The van der Waals surface area contributed by atoms with Gasteiger partial charge in [-0.15, -0.1) is 0 Å². The van der Waals surface area contributed by atoms with Crippen LogP contribution in [0.2, 0.25) is 5.02 Å². The molecule has 174 valence electrons. The number of Topliss-reactive ketones (excluding diaryl/α,β-unsaturated/α-hetero) is 2. The zero-order valence-corrected chi connectivity index (χ0v) is 19.1. The summed E-state index contributed by atoms with van der Waals surface area (Å²) in [6.07, 6.45) is 6.06. The maximum absolute atomic E-state index is 13.6. The minimum absolute atomic E-state index is 0.0181. The minimum Gasteiger partial charge on any atom is -0.352 e. The molecule has 0 bridgehead atoms. The molecular formula is C25H27ClFN3O3. The first-order chi connectivity index (χ1) is 15.8. The molecule has 2 N–H and O–H groups in total. The number of aromatic amines is 1. The van der Waals surface area contributed by atoms with Gasteiger partial charge in [0.2, 0.25) is 5.91 Å². The van der Waals surface area contributed by atoms with Gasteiger partial charge in [0.1, 0.15) is 17.6 Å². The van der Waals surface area contributed by atoms with Gasteiger partial charge in [-0.3, -0.25) is 14.4 Å². The summed E-state index contributed by atoms with van der Waals surface area (Å²) in [7, 11) is 0. The lowest BCUT2D eigenvalue weighted by molar-refractivity contribution is -0.127. The Hall–Kier alpha value is -2.72. The van der Waals surface area contributed by atoms with E-state index in [0.29, 0.717) is 36.1 Å². The van der Waals surface area contributed by atoms with Crippen LogP contribution in [0.5, 0.6) is 0 Å². The van der Waals surface area contributed by atoms with Crippen molar-refractivity contribution in [2.45, 2.75) is 63.8 Å². The second-order valence-electron chi connectivity index (χ2n) is 9.37. The third kappa shape index (κ3) is 5.80. The highest BCUT2D eigenvalue weighted by Gasteiger charge is 2.33. The van der Waals surface area contributed by atoms with Gasteiger partial charge in [-0.25, -0.2) is 4.39 Å². The number of fused-ring (bicyclic) bond motifs is 1. The third-order valence-electron chi connectivity index (χ3n) is 6.74. The smallest absolute Gasteiger partial charge is 0.224 e. The Balaban J connectivity index is 1.44. The lowest BCUT2D eigenvalue weighted by Crippen LogP contribution is -2.41. The van der Waals surface area contributed by atoms with Crippen LogP contribution in [0.1, 0.15) is 68.3 Å². The number of nitrogens with zero attached hydrogens (tertiary/aromatic N) is 1. The number of aromatic nitrogens is 1. The Labute approximate surface area is 196 Å². The fraction of sp³-hybridized carbons (Fsp3) is 0.520. The molecule has 1 aromatic carbocycles. The molecule has 1 aromatic heterocycles. The lowest BCUT2D eigenvalue weighted by Gasteiger charge is -2.24. The zero-order chi connectivity index (χ0) is 23.5. The number of hydrogen-bond donors (Lipinski definition) is 2. The first-order valence-corrected chi connectivity index (χ1v) is 12.0. The molecule has 0 spiro atoms. The van der Waals surface area contributed by atoms with Crippen molar-refractivity contribution in [3.05, 3.63) is 34.7 Å². The molecule has 2 aliphatic rings.